The van der Waals surface area contributed by atoms with Gasteiger partial charge in [0.1, 0.15) is 0 Å². The summed E-state index contributed by atoms with van der Waals surface area (Å²) in [5.74, 6) is -1.35. The van der Waals surface area contributed by atoms with Crippen molar-refractivity contribution in [3.05, 3.63) is 9.64 Å². The second-order valence-corrected chi connectivity index (χ2v) is 5.54. The molecule has 0 aliphatic rings. The lowest BCUT2D eigenvalue weighted by Gasteiger charge is -2.13. The fraction of sp³-hybridized carbons (Fsp3) is 0.286. The minimum atomic E-state index is -5.03. The smallest absolute Gasteiger partial charge is 0.490 e. The van der Waals surface area contributed by atoms with Crippen molar-refractivity contribution in [2.45, 2.75) is 11.4 Å². The molecule has 0 saturated heterocycles. The minimum absolute atomic E-state index is 0.0633. The van der Waals surface area contributed by atoms with Gasteiger partial charge in [0, 0.05) is 0 Å². The lowest BCUT2D eigenvalue weighted by Crippen LogP contribution is -2.21. The van der Waals surface area contributed by atoms with Gasteiger partial charge in [-0.15, -0.1) is 13.2 Å². The number of hydrogen-bond acceptors (Lipinski definition) is 5. The SMILES string of the molecule is COc1c(I)cc(S(N)(=O)=O)nc1OC(F)(F)F. The fourth-order valence-electron chi connectivity index (χ4n) is 0.969. The summed E-state index contributed by atoms with van der Waals surface area (Å²) in [4.78, 5) is 3.18. The van der Waals surface area contributed by atoms with Crippen molar-refractivity contribution < 1.29 is 31.1 Å². The van der Waals surface area contributed by atoms with Gasteiger partial charge in [0.25, 0.3) is 15.9 Å². The number of pyridine rings is 1. The summed E-state index contributed by atoms with van der Waals surface area (Å²) in [6, 6.07) is 0.970. The molecule has 0 aliphatic carbocycles. The van der Waals surface area contributed by atoms with Gasteiger partial charge >= 0.3 is 6.36 Å². The van der Waals surface area contributed by atoms with Crippen LogP contribution in [0.5, 0.6) is 11.6 Å². The Hall–Kier alpha value is -0.820. The van der Waals surface area contributed by atoms with Crippen molar-refractivity contribution in [1.82, 2.24) is 4.98 Å². The third-order valence-electron chi connectivity index (χ3n) is 1.58. The molecule has 0 bridgehead atoms. The zero-order valence-electron chi connectivity index (χ0n) is 8.66. The van der Waals surface area contributed by atoms with Gasteiger partial charge in [0.05, 0.1) is 10.7 Å². The first-order chi connectivity index (χ1) is 8.04. The maximum atomic E-state index is 12.1. The van der Waals surface area contributed by atoms with Crippen molar-refractivity contribution in [1.29, 1.82) is 0 Å². The standard InChI is InChI=1S/C7H6F3IN2O4S/c1-16-5-3(11)2-4(18(12,14)15)13-6(5)17-7(8,9)10/h2H,1H3,(H2,12,14,15). The van der Waals surface area contributed by atoms with Crippen LogP contribution in [0.25, 0.3) is 0 Å². The van der Waals surface area contributed by atoms with Gasteiger partial charge in [-0.05, 0) is 28.7 Å². The Labute approximate surface area is 113 Å². The molecule has 6 nitrogen and oxygen atoms in total. The highest BCUT2D eigenvalue weighted by Crippen LogP contribution is 2.35. The lowest BCUT2D eigenvalue weighted by molar-refractivity contribution is -0.276. The molecule has 0 saturated carbocycles. The van der Waals surface area contributed by atoms with Crippen LogP contribution >= 0.6 is 22.6 Å². The normalized spacial score (nSPS) is 12.3. The van der Waals surface area contributed by atoms with E-state index in [0.717, 1.165) is 13.2 Å². The van der Waals surface area contributed by atoms with E-state index in [9.17, 15) is 21.6 Å². The molecule has 102 valence electrons. The predicted octanol–water partition coefficient (Wildman–Crippen LogP) is 1.24. The van der Waals surface area contributed by atoms with Crippen molar-refractivity contribution >= 4 is 32.6 Å². The third-order valence-corrected chi connectivity index (χ3v) is 3.17. The van der Waals surface area contributed by atoms with Crippen LogP contribution in [0.4, 0.5) is 13.2 Å². The minimum Gasteiger partial charge on any atom is -0.490 e. The maximum absolute atomic E-state index is 12.1. The van der Waals surface area contributed by atoms with E-state index in [-0.39, 0.29) is 9.32 Å². The molecule has 18 heavy (non-hydrogen) atoms. The molecule has 0 amide bonds. The van der Waals surface area contributed by atoms with Crippen LogP contribution in [0, 0.1) is 3.57 Å². The number of methoxy groups -OCH3 is 1. The molecule has 1 rings (SSSR count). The number of ether oxygens (including phenoxy) is 2. The Morgan fingerprint density at radius 2 is 2.00 bits per heavy atom. The first kappa shape index (κ1) is 15.2. The number of primary sulfonamides is 1. The van der Waals surface area contributed by atoms with Crippen LogP contribution in [0.1, 0.15) is 0 Å². The zero-order chi connectivity index (χ0) is 14.1. The van der Waals surface area contributed by atoms with Gasteiger partial charge in [-0.2, -0.15) is 4.98 Å². The molecule has 1 heterocycles. The van der Waals surface area contributed by atoms with E-state index in [2.05, 4.69) is 14.5 Å². The summed E-state index contributed by atoms with van der Waals surface area (Å²) >= 11 is 1.57. The van der Waals surface area contributed by atoms with Gasteiger partial charge < -0.3 is 9.47 Å². The van der Waals surface area contributed by atoms with E-state index in [1.807, 2.05) is 0 Å². The number of nitrogens with two attached hydrogens (primary N) is 1. The molecule has 0 unspecified atom stereocenters. The molecule has 0 aliphatic heterocycles. The van der Waals surface area contributed by atoms with Crippen molar-refractivity contribution in [2.75, 3.05) is 7.11 Å². The second-order valence-electron chi connectivity index (χ2n) is 2.87. The van der Waals surface area contributed by atoms with E-state index in [1.165, 1.54) is 0 Å². The zero-order valence-corrected chi connectivity index (χ0v) is 11.6. The highest BCUT2D eigenvalue weighted by Gasteiger charge is 2.34. The monoisotopic (exact) mass is 398 g/mol. The summed E-state index contributed by atoms with van der Waals surface area (Å²) in [5.41, 5.74) is 0. The summed E-state index contributed by atoms with van der Waals surface area (Å²) in [7, 11) is -3.15. The number of sulfonamides is 1. The predicted molar refractivity (Wildman–Crippen MR) is 61.6 cm³/mol. The van der Waals surface area contributed by atoms with Crippen molar-refractivity contribution in [3.8, 4) is 11.6 Å². The number of rotatable bonds is 3. The Kier molecular flexibility index (Phi) is 4.27. The van der Waals surface area contributed by atoms with Crippen LogP contribution in [0.15, 0.2) is 11.1 Å². The second kappa shape index (κ2) is 5.05. The van der Waals surface area contributed by atoms with Crippen LogP contribution in [0.2, 0.25) is 0 Å². The summed E-state index contributed by atoms with van der Waals surface area (Å²) in [5, 5.41) is 4.04. The number of halogens is 4. The quantitative estimate of drug-likeness (QED) is 0.774. The van der Waals surface area contributed by atoms with Crippen molar-refractivity contribution in [2.24, 2.45) is 5.14 Å². The Morgan fingerprint density at radius 1 is 1.44 bits per heavy atom. The lowest BCUT2D eigenvalue weighted by atomic mass is 10.4. The molecular weight excluding hydrogens is 392 g/mol. The largest absolute Gasteiger partial charge is 0.574 e. The van der Waals surface area contributed by atoms with E-state index in [0.29, 0.717) is 0 Å². The van der Waals surface area contributed by atoms with Crippen LogP contribution in [-0.2, 0) is 10.0 Å². The van der Waals surface area contributed by atoms with Gasteiger partial charge in [-0.25, -0.2) is 13.6 Å². The topological polar surface area (TPSA) is 91.5 Å². The van der Waals surface area contributed by atoms with Crippen LogP contribution < -0.4 is 14.6 Å². The maximum Gasteiger partial charge on any atom is 0.574 e. The molecule has 0 spiro atoms. The average molecular weight is 398 g/mol. The van der Waals surface area contributed by atoms with Crippen LogP contribution in [-0.4, -0.2) is 26.9 Å². The Bertz CT molecular complexity index is 561. The molecule has 1 aromatic rings. The van der Waals surface area contributed by atoms with Gasteiger partial charge in [0.15, 0.2) is 10.8 Å². The number of alkyl halides is 3. The van der Waals surface area contributed by atoms with E-state index in [4.69, 9.17) is 5.14 Å². The van der Waals surface area contributed by atoms with Crippen molar-refractivity contribution in [3.63, 3.8) is 0 Å². The summed E-state index contributed by atoms with van der Waals surface area (Å²) in [6.45, 7) is 0. The van der Waals surface area contributed by atoms with Gasteiger partial charge in [-0.3, -0.25) is 0 Å². The third kappa shape index (κ3) is 3.84. The molecule has 0 fully saturated rings. The van der Waals surface area contributed by atoms with Gasteiger partial charge in [-0.1, -0.05) is 0 Å². The highest BCUT2D eigenvalue weighted by molar-refractivity contribution is 14.1. The molecular formula is C7H6F3IN2O4S. The fourth-order valence-corrected chi connectivity index (χ4v) is 2.42. The molecule has 2 N–H and O–H groups in total. The highest BCUT2D eigenvalue weighted by atomic mass is 127. The summed E-state index contributed by atoms with van der Waals surface area (Å²) in [6.07, 6.45) is -5.03. The molecule has 11 heteroatoms. The van der Waals surface area contributed by atoms with E-state index >= 15 is 0 Å². The first-order valence-corrected chi connectivity index (χ1v) is 6.70. The number of aromatic nitrogens is 1. The Balaban J connectivity index is 3.42. The number of hydrogen-bond donors (Lipinski definition) is 1. The molecule has 0 aromatic carbocycles. The Morgan fingerprint density at radius 3 is 2.39 bits per heavy atom. The van der Waals surface area contributed by atoms with Crippen LogP contribution in [0.3, 0.4) is 0 Å². The van der Waals surface area contributed by atoms with E-state index < -0.39 is 27.3 Å². The molecule has 0 radical (unpaired) electrons. The van der Waals surface area contributed by atoms with Gasteiger partial charge in [0.2, 0.25) is 0 Å². The summed E-state index contributed by atoms with van der Waals surface area (Å²) < 4.78 is 66.7. The van der Waals surface area contributed by atoms with E-state index in [1.54, 1.807) is 22.6 Å². The average Bonchev–Trinajstić information content (AvgIpc) is 2.13. The number of nitrogens with zero attached hydrogens (tertiary/aromatic N) is 1. The molecule has 0 atom stereocenters. The first-order valence-electron chi connectivity index (χ1n) is 4.07. The molecule has 1 aromatic heterocycles.